The Bertz CT molecular complexity index is 402. The van der Waals surface area contributed by atoms with Crippen LogP contribution < -0.4 is 0 Å². The average molecular weight is 299 g/mol. The monoisotopic (exact) mass is 299 g/mol. The largest absolute Gasteiger partial charge is 0.479 e. The van der Waals surface area contributed by atoms with E-state index >= 15 is 0 Å². The quantitative estimate of drug-likeness (QED) is 0.865. The van der Waals surface area contributed by atoms with Crippen LogP contribution in [0.2, 0.25) is 0 Å². The first-order valence-electron chi connectivity index (χ1n) is 7.80. The molecule has 5 nitrogen and oxygen atoms in total. The van der Waals surface area contributed by atoms with Crippen molar-refractivity contribution >= 4 is 12.1 Å². The number of aliphatic carboxylic acids is 1. The third kappa shape index (κ3) is 3.50. The summed E-state index contributed by atoms with van der Waals surface area (Å²) >= 11 is 0. The van der Waals surface area contributed by atoms with Gasteiger partial charge in [-0.25, -0.2) is 9.59 Å². The first-order chi connectivity index (χ1) is 9.56. The summed E-state index contributed by atoms with van der Waals surface area (Å²) in [5.74, 6) is -0.753. The van der Waals surface area contributed by atoms with Crippen LogP contribution in [0.1, 0.15) is 60.8 Å². The van der Waals surface area contributed by atoms with Crippen LogP contribution in [0.15, 0.2) is 0 Å². The van der Waals surface area contributed by atoms with E-state index in [4.69, 9.17) is 4.74 Å². The van der Waals surface area contributed by atoms with Crippen molar-refractivity contribution in [2.45, 2.75) is 71.9 Å². The minimum atomic E-state index is -1.16. The summed E-state index contributed by atoms with van der Waals surface area (Å²) in [6.07, 6.45) is 1.77. The van der Waals surface area contributed by atoms with E-state index in [1.165, 1.54) is 4.90 Å². The molecule has 0 spiro atoms. The van der Waals surface area contributed by atoms with Crippen molar-refractivity contribution in [1.29, 1.82) is 0 Å². The van der Waals surface area contributed by atoms with Crippen LogP contribution in [-0.2, 0) is 9.53 Å². The summed E-state index contributed by atoms with van der Waals surface area (Å²) in [6.45, 7) is 11.5. The van der Waals surface area contributed by atoms with Crippen LogP contribution in [0.4, 0.5) is 4.79 Å². The minimum absolute atomic E-state index is 0.101. The Morgan fingerprint density at radius 1 is 1.33 bits per heavy atom. The van der Waals surface area contributed by atoms with Crippen LogP contribution in [0.3, 0.4) is 0 Å². The van der Waals surface area contributed by atoms with Crippen molar-refractivity contribution in [3.8, 4) is 0 Å². The van der Waals surface area contributed by atoms with Gasteiger partial charge in [0.2, 0.25) is 0 Å². The first kappa shape index (κ1) is 17.8. The second-order valence-corrected chi connectivity index (χ2v) is 7.11. The Morgan fingerprint density at radius 2 is 1.90 bits per heavy atom. The number of hydrogen-bond acceptors (Lipinski definition) is 3. The fourth-order valence-electron chi connectivity index (χ4n) is 3.33. The molecule has 21 heavy (non-hydrogen) atoms. The molecule has 0 aliphatic heterocycles. The van der Waals surface area contributed by atoms with Crippen LogP contribution in [-0.4, -0.2) is 39.8 Å². The summed E-state index contributed by atoms with van der Waals surface area (Å²) in [5.41, 5.74) is -1.79. The van der Waals surface area contributed by atoms with Gasteiger partial charge in [-0.05, 0) is 46.0 Å². The lowest BCUT2D eigenvalue weighted by Crippen LogP contribution is -2.63. The van der Waals surface area contributed by atoms with Gasteiger partial charge in [-0.3, -0.25) is 4.90 Å². The highest BCUT2D eigenvalue weighted by atomic mass is 16.6. The van der Waals surface area contributed by atoms with Crippen molar-refractivity contribution in [1.82, 2.24) is 4.90 Å². The van der Waals surface area contributed by atoms with Gasteiger partial charge in [-0.2, -0.15) is 0 Å². The van der Waals surface area contributed by atoms with Gasteiger partial charge in [-0.1, -0.05) is 26.7 Å². The molecule has 1 saturated carbocycles. The summed E-state index contributed by atoms with van der Waals surface area (Å²) in [7, 11) is 0. The van der Waals surface area contributed by atoms with E-state index in [-0.39, 0.29) is 11.8 Å². The average Bonchev–Trinajstić information content (AvgIpc) is 2.32. The normalized spacial score (nSPS) is 29.8. The van der Waals surface area contributed by atoms with Crippen molar-refractivity contribution < 1.29 is 19.4 Å². The Balaban J connectivity index is 3.17. The molecular weight excluding hydrogens is 270 g/mol. The molecule has 0 aromatic heterocycles. The fourth-order valence-corrected chi connectivity index (χ4v) is 3.33. The number of carboxylic acids is 1. The zero-order chi connectivity index (χ0) is 16.4. The number of carbonyl (C=O) groups excluding carboxylic acids is 1. The highest BCUT2D eigenvalue weighted by Gasteiger charge is 2.54. The zero-order valence-electron chi connectivity index (χ0n) is 14.1. The fraction of sp³-hybridized carbons (Fsp3) is 0.875. The highest BCUT2D eigenvalue weighted by Crippen LogP contribution is 2.42. The predicted molar refractivity (Wildman–Crippen MR) is 81.2 cm³/mol. The van der Waals surface area contributed by atoms with Crippen LogP contribution in [0, 0.1) is 11.8 Å². The molecule has 1 rings (SSSR count). The highest BCUT2D eigenvalue weighted by molar-refractivity contribution is 5.85. The molecule has 3 atom stereocenters. The Morgan fingerprint density at radius 3 is 2.33 bits per heavy atom. The van der Waals surface area contributed by atoms with Crippen molar-refractivity contribution in [2.75, 3.05) is 6.54 Å². The second kappa shape index (κ2) is 6.24. The molecule has 5 heteroatoms. The number of carboxylic acid groups (broad SMARTS) is 1. The van der Waals surface area contributed by atoms with E-state index in [0.717, 1.165) is 12.8 Å². The molecule has 3 unspecified atom stereocenters. The summed E-state index contributed by atoms with van der Waals surface area (Å²) in [6, 6.07) is 0. The maximum Gasteiger partial charge on any atom is 0.411 e. The molecule has 0 bridgehead atoms. The Kier molecular flexibility index (Phi) is 5.29. The third-order valence-corrected chi connectivity index (χ3v) is 4.61. The van der Waals surface area contributed by atoms with Gasteiger partial charge in [0.15, 0.2) is 0 Å². The van der Waals surface area contributed by atoms with E-state index < -0.39 is 23.2 Å². The predicted octanol–water partition coefficient (Wildman–Crippen LogP) is 3.52. The van der Waals surface area contributed by atoms with Crippen LogP contribution in [0.25, 0.3) is 0 Å². The number of hydrogen-bond donors (Lipinski definition) is 1. The molecule has 1 aliphatic carbocycles. The number of ether oxygens (including phenoxy) is 1. The van der Waals surface area contributed by atoms with E-state index in [1.807, 2.05) is 6.92 Å². The lowest BCUT2D eigenvalue weighted by atomic mass is 9.67. The first-order valence-corrected chi connectivity index (χ1v) is 7.80. The van der Waals surface area contributed by atoms with E-state index in [2.05, 4.69) is 6.92 Å². The molecule has 122 valence electrons. The van der Waals surface area contributed by atoms with E-state index in [1.54, 1.807) is 27.7 Å². The number of likely N-dealkylation sites (N-methyl/N-ethyl adjacent to an activating group) is 1. The molecule has 0 aromatic carbocycles. The minimum Gasteiger partial charge on any atom is -0.479 e. The van der Waals surface area contributed by atoms with Crippen molar-refractivity contribution in [3.63, 3.8) is 0 Å². The van der Waals surface area contributed by atoms with Crippen LogP contribution in [0.5, 0.6) is 0 Å². The topological polar surface area (TPSA) is 66.8 Å². The van der Waals surface area contributed by atoms with Gasteiger partial charge in [0.1, 0.15) is 11.1 Å². The lowest BCUT2D eigenvalue weighted by molar-refractivity contribution is -0.159. The summed E-state index contributed by atoms with van der Waals surface area (Å²) in [5, 5.41) is 9.88. The zero-order valence-corrected chi connectivity index (χ0v) is 14.1. The molecular formula is C16H29NO4. The molecule has 0 radical (unpaired) electrons. The number of carbonyl (C=O) groups is 2. The number of amides is 1. The van der Waals surface area contributed by atoms with Crippen LogP contribution >= 0.6 is 0 Å². The molecule has 1 fully saturated rings. The van der Waals surface area contributed by atoms with Crippen molar-refractivity contribution in [3.05, 3.63) is 0 Å². The summed E-state index contributed by atoms with van der Waals surface area (Å²) < 4.78 is 5.43. The SMILES string of the molecule is CCN(C(=O)OC(C)(C)C)C1(C(=O)O)CCCC(C)C1C. The van der Waals surface area contributed by atoms with Gasteiger partial charge in [0, 0.05) is 6.54 Å². The maximum atomic E-state index is 12.5. The number of rotatable bonds is 3. The van der Waals surface area contributed by atoms with Gasteiger partial charge in [0.25, 0.3) is 0 Å². The third-order valence-electron chi connectivity index (χ3n) is 4.61. The smallest absolute Gasteiger partial charge is 0.411 e. The van der Waals surface area contributed by atoms with Gasteiger partial charge in [0.05, 0.1) is 0 Å². The maximum absolute atomic E-state index is 12.5. The molecule has 0 saturated heterocycles. The Hall–Kier alpha value is -1.26. The lowest BCUT2D eigenvalue weighted by Gasteiger charge is -2.49. The second-order valence-electron chi connectivity index (χ2n) is 7.11. The van der Waals surface area contributed by atoms with Gasteiger partial charge in [-0.15, -0.1) is 0 Å². The van der Waals surface area contributed by atoms with E-state index in [0.29, 0.717) is 13.0 Å². The standard InChI is InChI=1S/C16H29NO4/c1-7-17(14(20)21-15(4,5)6)16(13(18)19)10-8-9-11(2)12(16)3/h11-12H,7-10H2,1-6H3,(H,18,19). The van der Waals surface area contributed by atoms with E-state index in [9.17, 15) is 14.7 Å². The van der Waals surface area contributed by atoms with Gasteiger partial charge < -0.3 is 9.84 Å². The molecule has 1 aliphatic rings. The molecule has 0 heterocycles. The summed E-state index contributed by atoms with van der Waals surface area (Å²) in [4.78, 5) is 26.0. The molecule has 1 amide bonds. The number of nitrogens with zero attached hydrogens (tertiary/aromatic N) is 1. The Labute approximate surface area is 127 Å². The molecule has 0 aromatic rings. The molecule has 1 N–H and O–H groups in total. The van der Waals surface area contributed by atoms with Crippen molar-refractivity contribution in [2.24, 2.45) is 11.8 Å². The van der Waals surface area contributed by atoms with Gasteiger partial charge >= 0.3 is 12.1 Å².